The Labute approximate surface area is 257 Å². The number of pyridine rings is 1. The Morgan fingerprint density at radius 3 is 2.64 bits per heavy atom. The van der Waals surface area contributed by atoms with Gasteiger partial charge in [-0.05, 0) is 44.9 Å². The molecule has 2 atom stereocenters. The number of hydrogen-bond donors (Lipinski definition) is 2. The molecule has 16 heteroatoms. The summed E-state index contributed by atoms with van der Waals surface area (Å²) in [5, 5.41) is 22.7. The standard InChI is InChI=1S/C28H35F3N8O3SSi/c1-16-6-7-18(13-39(16)27(40)41)33-26-32-12-21(28(29,30)31)23(35-26)20-14-38(15-42-10-11-44(3,4)5)24-19(20)8-9-22(34-24)25-37-36-17(2)43-25/h8-9,12,14,16,18H,6-7,10-11,13,15H2,1-5H3,(H,40,41)(H,32,33,35)/t16-,18-/m0/s1. The molecule has 0 bridgehead atoms. The number of amides is 1. The van der Waals surface area contributed by atoms with E-state index in [1.165, 1.54) is 16.2 Å². The van der Waals surface area contributed by atoms with Crippen LogP contribution in [-0.2, 0) is 17.6 Å². The summed E-state index contributed by atoms with van der Waals surface area (Å²) in [6.45, 7) is 11.2. The maximum Gasteiger partial charge on any atom is 0.419 e. The molecule has 44 heavy (non-hydrogen) atoms. The fourth-order valence-corrected chi connectivity index (χ4v) is 6.47. The quantitative estimate of drug-likeness (QED) is 0.152. The number of carbonyl (C=O) groups is 1. The van der Waals surface area contributed by atoms with Crippen molar-refractivity contribution in [3.63, 3.8) is 0 Å². The van der Waals surface area contributed by atoms with E-state index in [-0.39, 0.29) is 42.6 Å². The van der Waals surface area contributed by atoms with E-state index < -0.39 is 25.9 Å². The van der Waals surface area contributed by atoms with E-state index >= 15 is 0 Å². The Balaban J connectivity index is 1.55. The molecule has 5 heterocycles. The van der Waals surface area contributed by atoms with Crippen LogP contribution < -0.4 is 5.32 Å². The normalized spacial score (nSPS) is 17.8. The van der Waals surface area contributed by atoms with Crippen molar-refractivity contribution in [3.8, 4) is 22.0 Å². The first-order chi connectivity index (χ1) is 20.7. The maximum atomic E-state index is 14.3. The third kappa shape index (κ3) is 7.18. The first-order valence-corrected chi connectivity index (χ1v) is 18.8. The second kappa shape index (κ2) is 12.4. The molecule has 0 radical (unpaired) electrons. The number of fused-ring (bicyclic) bond motifs is 1. The summed E-state index contributed by atoms with van der Waals surface area (Å²) in [4.78, 5) is 26.1. The Morgan fingerprint density at radius 1 is 1.20 bits per heavy atom. The molecule has 0 unspecified atom stereocenters. The maximum absolute atomic E-state index is 14.3. The number of nitrogens with zero attached hydrogens (tertiary/aromatic N) is 7. The van der Waals surface area contributed by atoms with Gasteiger partial charge in [0, 0.05) is 56.7 Å². The number of halogens is 3. The smallest absolute Gasteiger partial charge is 0.419 e. The van der Waals surface area contributed by atoms with Gasteiger partial charge in [-0.25, -0.2) is 19.7 Å². The van der Waals surface area contributed by atoms with Crippen LogP contribution in [0, 0.1) is 6.92 Å². The number of aryl methyl sites for hydroxylation is 1. The highest BCUT2D eigenvalue weighted by Crippen LogP contribution is 2.40. The summed E-state index contributed by atoms with van der Waals surface area (Å²) in [6, 6.07) is 3.84. The van der Waals surface area contributed by atoms with Crippen molar-refractivity contribution in [2.45, 2.75) is 77.4 Å². The van der Waals surface area contributed by atoms with Crippen LogP contribution in [0.25, 0.3) is 33.0 Å². The monoisotopic (exact) mass is 648 g/mol. The predicted octanol–water partition coefficient (Wildman–Crippen LogP) is 6.59. The van der Waals surface area contributed by atoms with Gasteiger partial charge in [0.1, 0.15) is 28.6 Å². The van der Waals surface area contributed by atoms with Gasteiger partial charge >= 0.3 is 12.3 Å². The van der Waals surface area contributed by atoms with Crippen molar-refractivity contribution >= 4 is 42.5 Å². The molecule has 1 aliphatic heterocycles. The molecule has 11 nitrogen and oxygen atoms in total. The SMILES string of the molecule is Cc1nnc(-c2ccc3c(-c4nc(N[C@H]5CC[C@H](C)N(C(=O)O)C5)ncc4C(F)(F)F)cn(COCC[Si](C)(C)C)c3n2)s1. The Bertz CT molecular complexity index is 1660. The molecule has 1 amide bonds. The largest absolute Gasteiger partial charge is 0.465 e. The third-order valence-corrected chi connectivity index (χ3v) is 10.1. The van der Waals surface area contributed by atoms with Gasteiger partial charge in [-0.15, -0.1) is 10.2 Å². The van der Waals surface area contributed by atoms with Gasteiger partial charge < -0.3 is 24.6 Å². The molecule has 5 rings (SSSR count). The van der Waals surface area contributed by atoms with E-state index in [1.807, 2.05) is 13.8 Å². The highest BCUT2D eigenvalue weighted by molar-refractivity contribution is 7.14. The number of nitrogens with one attached hydrogen (secondary N) is 1. The van der Waals surface area contributed by atoms with Gasteiger partial charge in [0.05, 0.1) is 5.69 Å². The van der Waals surface area contributed by atoms with Crippen LogP contribution in [0.4, 0.5) is 23.9 Å². The number of anilines is 1. The van der Waals surface area contributed by atoms with E-state index in [0.29, 0.717) is 41.2 Å². The molecule has 0 aromatic carbocycles. The molecule has 0 saturated carbocycles. The Kier molecular flexibility index (Phi) is 8.96. The number of aromatic nitrogens is 6. The Hall–Kier alpha value is -3.63. The summed E-state index contributed by atoms with van der Waals surface area (Å²) < 4.78 is 50.7. The van der Waals surface area contributed by atoms with Crippen LogP contribution in [0.5, 0.6) is 0 Å². The van der Waals surface area contributed by atoms with Crippen LogP contribution >= 0.6 is 11.3 Å². The summed E-state index contributed by atoms with van der Waals surface area (Å²) in [7, 11) is -1.36. The van der Waals surface area contributed by atoms with Gasteiger partial charge in [-0.2, -0.15) is 13.2 Å². The molecule has 4 aromatic rings. The second-order valence-electron chi connectivity index (χ2n) is 12.2. The van der Waals surface area contributed by atoms with Crippen molar-refractivity contribution in [1.29, 1.82) is 0 Å². The molecule has 1 saturated heterocycles. The summed E-state index contributed by atoms with van der Waals surface area (Å²) in [6.07, 6.45) is -2.20. The van der Waals surface area contributed by atoms with Crippen LogP contribution in [0.15, 0.2) is 24.5 Å². The molecular formula is C28H35F3N8O3SSi. The molecule has 236 valence electrons. The van der Waals surface area contributed by atoms with Crippen LogP contribution in [0.2, 0.25) is 25.7 Å². The lowest BCUT2D eigenvalue weighted by Gasteiger charge is -2.36. The van der Waals surface area contributed by atoms with Gasteiger partial charge in [0.25, 0.3) is 0 Å². The van der Waals surface area contributed by atoms with Crippen molar-refractivity contribution in [2.75, 3.05) is 18.5 Å². The number of likely N-dealkylation sites (tertiary alicyclic amines) is 1. The zero-order valence-corrected chi connectivity index (χ0v) is 27.0. The fourth-order valence-electron chi connectivity index (χ4n) is 5.05. The minimum absolute atomic E-state index is 0.0147. The average Bonchev–Trinajstić information content (AvgIpc) is 3.54. The lowest BCUT2D eigenvalue weighted by atomic mass is 10.00. The third-order valence-electron chi connectivity index (χ3n) is 7.50. The zero-order valence-electron chi connectivity index (χ0n) is 25.1. The topological polar surface area (TPSA) is 131 Å². The highest BCUT2D eigenvalue weighted by Gasteiger charge is 2.37. The summed E-state index contributed by atoms with van der Waals surface area (Å²) in [5.41, 5.74) is -0.0930. The minimum atomic E-state index is -4.73. The first kappa shape index (κ1) is 31.8. The molecule has 4 aromatic heterocycles. The van der Waals surface area contributed by atoms with Gasteiger partial charge in [-0.1, -0.05) is 31.0 Å². The fraction of sp³-hybridized carbons (Fsp3) is 0.500. The highest BCUT2D eigenvalue weighted by atomic mass is 32.1. The molecule has 1 aliphatic rings. The zero-order chi connectivity index (χ0) is 31.8. The molecule has 1 fully saturated rings. The molecule has 2 N–H and O–H groups in total. The minimum Gasteiger partial charge on any atom is -0.465 e. The summed E-state index contributed by atoms with van der Waals surface area (Å²) >= 11 is 1.37. The number of piperidine rings is 1. The van der Waals surface area contributed by atoms with Crippen LogP contribution in [-0.4, -0.2) is 79.1 Å². The van der Waals surface area contributed by atoms with Crippen molar-refractivity contribution in [2.24, 2.45) is 0 Å². The van der Waals surface area contributed by atoms with Gasteiger partial charge in [0.15, 0.2) is 5.01 Å². The predicted molar refractivity (Wildman–Crippen MR) is 164 cm³/mol. The molecule has 0 aliphatic carbocycles. The van der Waals surface area contributed by atoms with E-state index in [0.717, 1.165) is 17.2 Å². The first-order valence-electron chi connectivity index (χ1n) is 14.3. The average molecular weight is 649 g/mol. The number of ether oxygens (including phenoxy) is 1. The number of rotatable bonds is 9. The van der Waals surface area contributed by atoms with Crippen molar-refractivity contribution in [1.82, 2.24) is 34.6 Å². The van der Waals surface area contributed by atoms with Crippen molar-refractivity contribution < 1.29 is 27.8 Å². The second-order valence-corrected chi connectivity index (χ2v) is 19.0. The van der Waals surface area contributed by atoms with Crippen molar-refractivity contribution in [3.05, 3.63) is 35.1 Å². The number of alkyl halides is 3. The lowest BCUT2D eigenvalue weighted by molar-refractivity contribution is -0.137. The molecule has 0 spiro atoms. The van der Waals surface area contributed by atoms with Gasteiger partial charge in [-0.3, -0.25) is 0 Å². The molecular weight excluding hydrogens is 614 g/mol. The van der Waals surface area contributed by atoms with E-state index in [4.69, 9.17) is 9.72 Å². The summed E-state index contributed by atoms with van der Waals surface area (Å²) in [5.74, 6) is -0.0147. The van der Waals surface area contributed by atoms with Crippen LogP contribution in [0.3, 0.4) is 0 Å². The van der Waals surface area contributed by atoms with E-state index in [9.17, 15) is 23.1 Å². The number of hydrogen-bond acceptors (Lipinski definition) is 9. The lowest BCUT2D eigenvalue weighted by Crippen LogP contribution is -2.49. The van der Waals surface area contributed by atoms with Crippen LogP contribution in [0.1, 0.15) is 30.3 Å². The van der Waals surface area contributed by atoms with E-state index in [2.05, 4.69) is 45.1 Å². The van der Waals surface area contributed by atoms with E-state index in [1.54, 1.807) is 22.9 Å². The van der Waals surface area contributed by atoms with Gasteiger partial charge in [0.2, 0.25) is 5.95 Å². The number of carboxylic acid groups (broad SMARTS) is 1. The Morgan fingerprint density at radius 2 is 1.98 bits per heavy atom.